The Balaban J connectivity index is 1.76. The first-order valence-electron chi connectivity index (χ1n) is 10.4. The average Bonchev–Trinajstić information content (AvgIpc) is 3.04. The number of nitrogens with zero attached hydrogens (tertiary/aromatic N) is 2. The van der Waals surface area contributed by atoms with Gasteiger partial charge in [-0.2, -0.15) is 0 Å². The Kier molecular flexibility index (Phi) is 6.38. The summed E-state index contributed by atoms with van der Waals surface area (Å²) < 4.78 is 5.48. The lowest BCUT2D eigenvalue weighted by Gasteiger charge is -2.16. The number of amides is 2. The number of hydrogen-bond donors (Lipinski definition) is 1. The van der Waals surface area contributed by atoms with Gasteiger partial charge in [0.1, 0.15) is 11.4 Å². The Morgan fingerprint density at radius 1 is 0.909 bits per heavy atom. The second kappa shape index (κ2) is 9.38. The third kappa shape index (κ3) is 4.43. The van der Waals surface area contributed by atoms with Crippen LogP contribution in [0.15, 0.2) is 78.5 Å². The van der Waals surface area contributed by atoms with Gasteiger partial charge in [-0.15, -0.1) is 0 Å². The van der Waals surface area contributed by atoms with Gasteiger partial charge in [0.2, 0.25) is 0 Å². The predicted molar refractivity (Wildman–Crippen MR) is 131 cm³/mol. The number of para-hydroxylation sites is 1. The van der Waals surface area contributed by atoms with E-state index in [1.807, 2.05) is 67.5 Å². The molecule has 0 aliphatic carbocycles. The highest BCUT2D eigenvalue weighted by atomic mass is 35.5. The summed E-state index contributed by atoms with van der Waals surface area (Å²) in [5.74, 6) is -0.315. The molecule has 7 heteroatoms. The molecule has 0 aromatic heterocycles. The number of carbonyl (C=O) groups is 2. The van der Waals surface area contributed by atoms with Crippen LogP contribution in [0.5, 0.6) is 5.75 Å². The molecule has 0 saturated carbocycles. The minimum atomic E-state index is -0.419. The number of carbonyl (C=O) groups excluding carboxylic acids is 2. The third-order valence-electron chi connectivity index (χ3n) is 5.48. The van der Waals surface area contributed by atoms with Crippen molar-refractivity contribution < 1.29 is 14.3 Å². The van der Waals surface area contributed by atoms with E-state index in [2.05, 4.69) is 5.32 Å². The van der Waals surface area contributed by atoms with Gasteiger partial charge in [-0.3, -0.25) is 14.5 Å². The second-order valence-corrected chi connectivity index (χ2v) is 8.21. The van der Waals surface area contributed by atoms with Crippen molar-refractivity contribution in [3.63, 3.8) is 0 Å². The van der Waals surface area contributed by atoms with Crippen LogP contribution in [0, 0.1) is 0 Å². The van der Waals surface area contributed by atoms with Gasteiger partial charge in [0, 0.05) is 36.1 Å². The molecule has 0 fully saturated rings. The molecule has 0 saturated heterocycles. The van der Waals surface area contributed by atoms with Crippen molar-refractivity contribution in [3.05, 3.63) is 94.6 Å². The number of rotatable bonds is 7. The summed E-state index contributed by atoms with van der Waals surface area (Å²) in [6, 6.07) is 22.0. The summed E-state index contributed by atoms with van der Waals surface area (Å²) in [6.07, 6.45) is 0. The summed E-state index contributed by atoms with van der Waals surface area (Å²) in [4.78, 5) is 30.2. The van der Waals surface area contributed by atoms with E-state index < -0.39 is 11.8 Å². The van der Waals surface area contributed by atoms with E-state index in [-0.39, 0.29) is 17.8 Å². The van der Waals surface area contributed by atoms with Crippen LogP contribution in [0.1, 0.15) is 11.1 Å². The van der Waals surface area contributed by atoms with Crippen LogP contribution < -0.4 is 15.0 Å². The molecule has 3 aromatic rings. The molecule has 168 valence electrons. The molecule has 0 spiro atoms. The van der Waals surface area contributed by atoms with Crippen LogP contribution in [0.3, 0.4) is 0 Å². The number of imide groups is 1. The van der Waals surface area contributed by atoms with Crippen molar-refractivity contribution in [1.82, 2.24) is 4.90 Å². The molecule has 3 aromatic carbocycles. The highest BCUT2D eigenvalue weighted by molar-refractivity contribution is 6.37. The van der Waals surface area contributed by atoms with Gasteiger partial charge < -0.3 is 15.0 Å². The van der Waals surface area contributed by atoms with Crippen molar-refractivity contribution in [2.45, 2.75) is 6.54 Å². The van der Waals surface area contributed by atoms with E-state index in [1.54, 1.807) is 24.3 Å². The summed E-state index contributed by atoms with van der Waals surface area (Å²) in [7, 11) is 5.45. The van der Waals surface area contributed by atoms with E-state index >= 15 is 0 Å². The molecule has 0 radical (unpaired) electrons. The van der Waals surface area contributed by atoms with Gasteiger partial charge in [0.05, 0.1) is 19.2 Å². The molecule has 1 N–H and O–H groups in total. The average molecular weight is 462 g/mol. The zero-order valence-corrected chi connectivity index (χ0v) is 19.4. The van der Waals surface area contributed by atoms with Gasteiger partial charge in [0.25, 0.3) is 11.8 Å². The third-order valence-corrected chi connectivity index (χ3v) is 5.85. The topological polar surface area (TPSA) is 61.9 Å². The summed E-state index contributed by atoms with van der Waals surface area (Å²) in [5.41, 5.74) is 3.43. The number of anilines is 2. The lowest BCUT2D eigenvalue weighted by Crippen LogP contribution is -2.32. The summed E-state index contributed by atoms with van der Waals surface area (Å²) in [6.45, 7) is 0.0702. The maximum Gasteiger partial charge on any atom is 0.278 e. The molecule has 1 heterocycles. The molecule has 0 bridgehead atoms. The SMILES string of the molecule is COc1ccccc1C1=C(Nc2ccc(N(C)C)cc2)C(=O)N(Cc2ccccc2Cl)C1=O. The van der Waals surface area contributed by atoms with E-state index in [4.69, 9.17) is 16.3 Å². The summed E-state index contributed by atoms with van der Waals surface area (Å²) in [5, 5.41) is 3.68. The van der Waals surface area contributed by atoms with Gasteiger partial charge in [0.15, 0.2) is 0 Å². The zero-order chi connectivity index (χ0) is 23.5. The van der Waals surface area contributed by atoms with Crippen molar-refractivity contribution in [3.8, 4) is 5.75 Å². The lowest BCUT2D eigenvalue weighted by atomic mass is 10.0. The first-order chi connectivity index (χ1) is 15.9. The first-order valence-corrected chi connectivity index (χ1v) is 10.8. The molecule has 33 heavy (non-hydrogen) atoms. The van der Waals surface area contributed by atoms with Crippen molar-refractivity contribution in [1.29, 1.82) is 0 Å². The zero-order valence-electron chi connectivity index (χ0n) is 18.6. The monoisotopic (exact) mass is 461 g/mol. The van der Waals surface area contributed by atoms with Gasteiger partial charge in [-0.05, 0) is 42.0 Å². The number of ether oxygens (including phenoxy) is 1. The van der Waals surface area contributed by atoms with E-state index in [9.17, 15) is 9.59 Å². The Hall–Kier alpha value is -3.77. The van der Waals surface area contributed by atoms with Crippen molar-refractivity contribution in [2.24, 2.45) is 0 Å². The van der Waals surface area contributed by atoms with Crippen LogP contribution in [-0.2, 0) is 16.1 Å². The number of hydrogen-bond acceptors (Lipinski definition) is 5. The molecule has 2 amide bonds. The predicted octanol–water partition coefficient (Wildman–Crippen LogP) is 4.81. The second-order valence-electron chi connectivity index (χ2n) is 7.80. The molecule has 6 nitrogen and oxygen atoms in total. The number of benzene rings is 3. The van der Waals surface area contributed by atoms with E-state index in [0.717, 1.165) is 5.69 Å². The van der Waals surface area contributed by atoms with Crippen LogP contribution in [0.4, 0.5) is 11.4 Å². The standard InChI is InChI=1S/C26H24ClN3O3/c1-29(2)19-14-12-18(13-15-19)28-24-23(20-9-5-7-11-22(20)33-3)25(31)30(26(24)32)16-17-8-4-6-10-21(17)27/h4-15,28H,16H2,1-3H3. The maximum atomic E-state index is 13.5. The number of methoxy groups -OCH3 is 1. The van der Waals surface area contributed by atoms with E-state index in [0.29, 0.717) is 27.6 Å². The fourth-order valence-electron chi connectivity index (χ4n) is 3.72. The molecule has 1 aliphatic heterocycles. The van der Waals surface area contributed by atoms with Crippen LogP contribution >= 0.6 is 11.6 Å². The molecule has 1 aliphatic rings. The molecule has 0 atom stereocenters. The molecule has 0 unspecified atom stereocenters. The highest BCUT2D eigenvalue weighted by Crippen LogP contribution is 2.36. The minimum Gasteiger partial charge on any atom is -0.496 e. The van der Waals surface area contributed by atoms with E-state index in [1.165, 1.54) is 12.0 Å². The Morgan fingerprint density at radius 3 is 2.24 bits per heavy atom. The first kappa shape index (κ1) is 22.4. The quantitative estimate of drug-likeness (QED) is 0.512. The van der Waals surface area contributed by atoms with Gasteiger partial charge in [-0.25, -0.2) is 0 Å². The molecular formula is C26H24ClN3O3. The Labute approximate surface area is 198 Å². The molecule has 4 rings (SSSR count). The fraction of sp³-hybridized carbons (Fsp3) is 0.154. The van der Waals surface area contributed by atoms with Crippen LogP contribution in [0.25, 0.3) is 5.57 Å². The lowest BCUT2D eigenvalue weighted by molar-refractivity contribution is -0.137. The Morgan fingerprint density at radius 2 is 1.58 bits per heavy atom. The van der Waals surface area contributed by atoms with Gasteiger partial charge in [-0.1, -0.05) is 48.0 Å². The van der Waals surface area contributed by atoms with Gasteiger partial charge >= 0.3 is 0 Å². The minimum absolute atomic E-state index is 0.0702. The highest BCUT2D eigenvalue weighted by Gasteiger charge is 2.40. The normalized spacial score (nSPS) is 13.5. The maximum absolute atomic E-state index is 13.5. The van der Waals surface area contributed by atoms with Crippen LogP contribution in [-0.4, -0.2) is 37.9 Å². The summed E-state index contributed by atoms with van der Waals surface area (Å²) >= 11 is 6.30. The smallest absolute Gasteiger partial charge is 0.278 e. The Bertz CT molecular complexity index is 1240. The van der Waals surface area contributed by atoms with Crippen molar-refractivity contribution >= 4 is 40.4 Å². The fourth-order valence-corrected chi connectivity index (χ4v) is 3.92. The number of nitrogens with one attached hydrogen (secondary N) is 1. The van der Waals surface area contributed by atoms with Crippen LogP contribution in [0.2, 0.25) is 5.02 Å². The van der Waals surface area contributed by atoms with Crippen molar-refractivity contribution in [2.75, 3.05) is 31.4 Å². The number of halogens is 1. The largest absolute Gasteiger partial charge is 0.496 e. The molecular weight excluding hydrogens is 438 g/mol.